The number of benzene rings is 3. The Balaban J connectivity index is 1.61. The van der Waals surface area contributed by atoms with Gasteiger partial charge in [-0.2, -0.15) is 0 Å². The van der Waals surface area contributed by atoms with Crippen molar-refractivity contribution < 1.29 is 0 Å². The number of hydrogen-bond acceptors (Lipinski definition) is 3. The van der Waals surface area contributed by atoms with E-state index in [4.69, 9.17) is 10.7 Å². The summed E-state index contributed by atoms with van der Waals surface area (Å²) >= 11 is 0. The van der Waals surface area contributed by atoms with Crippen molar-refractivity contribution in [1.29, 1.82) is 0 Å². The van der Waals surface area contributed by atoms with Gasteiger partial charge in [-0.15, -0.1) is 0 Å². The third kappa shape index (κ3) is 3.23. The Labute approximate surface area is 165 Å². The van der Waals surface area contributed by atoms with Gasteiger partial charge in [0.1, 0.15) is 0 Å². The number of para-hydroxylation sites is 1. The molecule has 2 atom stereocenters. The Morgan fingerprint density at radius 3 is 2.50 bits per heavy atom. The summed E-state index contributed by atoms with van der Waals surface area (Å²) in [5.74, 6) is 0. The molecule has 3 N–H and O–H groups in total. The molecule has 0 spiro atoms. The standard InChI is InChI=1S/C25H25N3/c26-21-10-4-6-12-23(21)28-25-16-24(27-22-11-5-3-9-20(22)25)19-14-13-17-7-1-2-8-18(17)15-19/h1-3,5,7-9,11,13-16,21,23H,4,6,10,12,26H2,(H,27,28)/t21-,23-/m1/s1. The molecule has 1 saturated carbocycles. The van der Waals surface area contributed by atoms with Crippen LogP contribution in [0.1, 0.15) is 25.7 Å². The van der Waals surface area contributed by atoms with Crippen LogP contribution in [0.5, 0.6) is 0 Å². The minimum Gasteiger partial charge on any atom is -0.380 e. The lowest BCUT2D eigenvalue weighted by atomic mass is 9.90. The monoisotopic (exact) mass is 367 g/mol. The summed E-state index contributed by atoms with van der Waals surface area (Å²) in [6.45, 7) is 0. The highest BCUT2D eigenvalue weighted by Gasteiger charge is 2.22. The fourth-order valence-corrected chi connectivity index (χ4v) is 4.33. The molecule has 3 nitrogen and oxygen atoms in total. The van der Waals surface area contributed by atoms with Gasteiger partial charge in [0, 0.05) is 28.7 Å². The lowest BCUT2D eigenvalue weighted by Crippen LogP contribution is -2.42. The molecular formula is C25H25N3. The number of anilines is 1. The molecule has 3 heteroatoms. The summed E-state index contributed by atoms with van der Waals surface area (Å²) in [5, 5.41) is 7.40. The summed E-state index contributed by atoms with van der Waals surface area (Å²) in [6, 6.07) is 26.1. The van der Waals surface area contributed by atoms with Gasteiger partial charge in [0.15, 0.2) is 0 Å². The first-order valence-electron chi connectivity index (χ1n) is 10.2. The number of nitrogens with two attached hydrogens (primary N) is 1. The first kappa shape index (κ1) is 17.2. The van der Waals surface area contributed by atoms with Crippen molar-refractivity contribution in [2.75, 3.05) is 5.32 Å². The van der Waals surface area contributed by atoms with Crippen LogP contribution in [-0.4, -0.2) is 17.1 Å². The van der Waals surface area contributed by atoms with Crippen LogP contribution in [0.25, 0.3) is 32.9 Å². The molecule has 1 fully saturated rings. The van der Waals surface area contributed by atoms with Gasteiger partial charge >= 0.3 is 0 Å². The van der Waals surface area contributed by atoms with Crippen molar-refractivity contribution in [3.8, 4) is 11.3 Å². The molecule has 0 amide bonds. The van der Waals surface area contributed by atoms with Crippen LogP contribution >= 0.6 is 0 Å². The van der Waals surface area contributed by atoms with E-state index in [0.717, 1.165) is 40.7 Å². The minimum atomic E-state index is 0.213. The topological polar surface area (TPSA) is 50.9 Å². The van der Waals surface area contributed by atoms with Crippen molar-refractivity contribution in [1.82, 2.24) is 4.98 Å². The number of nitrogens with zero attached hydrogens (tertiary/aromatic N) is 1. The predicted octanol–water partition coefficient (Wildman–Crippen LogP) is 5.74. The molecule has 3 aromatic carbocycles. The zero-order chi connectivity index (χ0) is 18.9. The average Bonchev–Trinajstić information content (AvgIpc) is 2.75. The normalized spacial score (nSPS) is 19.8. The van der Waals surface area contributed by atoms with Crippen LogP contribution in [0.15, 0.2) is 72.8 Å². The molecule has 1 heterocycles. The van der Waals surface area contributed by atoms with Gasteiger partial charge in [0.05, 0.1) is 11.2 Å². The predicted molar refractivity (Wildman–Crippen MR) is 119 cm³/mol. The van der Waals surface area contributed by atoms with Crippen molar-refractivity contribution in [2.24, 2.45) is 5.73 Å². The molecular weight excluding hydrogens is 342 g/mol. The second-order valence-corrected chi connectivity index (χ2v) is 7.83. The molecule has 0 aliphatic heterocycles. The highest BCUT2D eigenvalue weighted by Crippen LogP contribution is 2.32. The van der Waals surface area contributed by atoms with Crippen LogP contribution < -0.4 is 11.1 Å². The molecule has 28 heavy (non-hydrogen) atoms. The summed E-state index contributed by atoms with van der Waals surface area (Å²) < 4.78 is 0. The summed E-state index contributed by atoms with van der Waals surface area (Å²) in [4.78, 5) is 4.95. The number of fused-ring (bicyclic) bond motifs is 2. The van der Waals surface area contributed by atoms with Crippen LogP contribution in [-0.2, 0) is 0 Å². The van der Waals surface area contributed by atoms with E-state index in [1.807, 2.05) is 0 Å². The minimum absolute atomic E-state index is 0.213. The molecule has 5 rings (SSSR count). The summed E-state index contributed by atoms with van der Waals surface area (Å²) in [5.41, 5.74) is 10.7. The van der Waals surface area contributed by atoms with E-state index in [1.165, 1.54) is 23.6 Å². The van der Waals surface area contributed by atoms with E-state index in [2.05, 4.69) is 78.1 Å². The fraction of sp³-hybridized carbons (Fsp3) is 0.240. The van der Waals surface area contributed by atoms with Crippen molar-refractivity contribution in [2.45, 2.75) is 37.8 Å². The van der Waals surface area contributed by atoms with Gasteiger partial charge in [-0.25, -0.2) is 4.98 Å². The maximum absolute atomic E-state index is 6.40. The van der Waals surface area contributed by atoms with E-state index < -0.39 is 0 Å². The first-order chi connectivity index (χ1) is 13.8. The number of nitrogens with one attached hydrogen (secondary N) is 1. The van der Waals surface area contributed by atoms with Gasteiger partial charge in [-0.3, -0.25) is 0 Å². The third-order valence-corrected chi connectivity index (χ3v) is 5.92. The molecule has 0 unspecified atom stereocenters. The number of aromatic nitrogens is 1. The van der Waals surface area contributed by atoms with Crippen molar-refractivity contribution in [3.05, 3.63) is 72.8 Å². The average molecular weight is 367 g/mol. The fourth-order valence-electron chi connectivity index (χ4n) is 4.33. The second kappa shape index (κ2) is 7.25. The summed E-state index contributed by atoms with van der Waals surface area (Å²) in [6.07, 6.45) is 4.70. The van der Waals surface area contributed by atoms with Gasteiger partial charge in [-0.05, 0) is 41.8 Å². The zero-order valence-corrected chi connectivity index (χ0v) is 15.9. The molecule has 0 bridgehead atoms. The van der Waals surface area contributed by atoms with Crippen molar-refractivity contribution in [3.63, 3.8) is 0 Å². The Hall–Kier alpha value is -2.91. The van der Waals surface area contributed by atoms with Crippen LogP contribution in [0.4, 0.5) is 5.69 Å². The smallest absolute Gasteiger partial charge is 0.0730 e. The molecule has 4 aromatic rings. The molecule has 140 valence electrons. The lowest BCUT2D eigenvalue weighted by Gasteiger charge is -2.30. The van der Waals surface area contributed by atoms with E-state index in [0.29, 0.717) is 6.04 Å². The molecule has 1 aromatic heterocycles. The van der Waals surface area contributed by atoms with Gasteiger partial charge in [-0.1, -0.05) is 67.4 Å². The quantitative estimate of drug-likeness (QED) is 0.486. The molecule has 1 aliphatic carbocycles. The molecule has 0 radical (unpaired) electrons. The first-order valence-corrected chi connectivity index (χ1v) is 10.2. The van der Waals surface area contributed by atoms with E-state index in [1.54, 1.807) is 0 Å². The summed E-state index contributed by atoms with van der Waals surface area (Å²) in [7, 11) is 0. The Kier molecular flexibility index (Phi) is 4.46. The maximum atomic E-state index is 6.40. The van der Waals surface area contributed by atoms with Gasteiger partial charge < -0.3 is 11.1 Å². The van der Waals surface area contributed by atoms with Gasteiger partial charge in [0.2, 0.25) is 0 Å². The number of pyridine rings is 1. The largest absolute Gasteiger partial charge is 0.380 e. The Bertz CT molecular complexity index is 1130. The molecule has 1 aliphatic rings. The second-order valence-electron chi connectivity index (χ2n) is 7.83. The Morgan fingerprint density at radius 2 is 1.61 bits per heavy atom. The van der Waals surface area contributed by atoms with Crippen LogP contribution in [0.3, 0.4) is 0 Å². The van der Waals surface area contributed by atoms with E-state index in [9.17, 15) is 0 Å². The lowest BCUT2D eigenvalue weighted by molar-refractivity contribution is 0.404. The number of rotatable bonds is 3. The highest BCUT2D eigenvalue weighted by molar-refractivity contribution is 5.95. The van der Waals surface area contributed by atoms with Gasteiger partial charge in [0.25, 0.3) is 0 Å². The van der Waals surface area contributed by atoms with Crippen LogP contribution in [0, 0.1) is 0 Å². The van der Waals surface area contributed by atoms with E-state index >= 15 is 0 Å². The van der Waals surface area contributed by atoms with E-state index in [-0.39, 0.29) is 6.04 Å². The Morgan fingerprint density at radius 1 is 0.821 bits per heavy atom. The number of hydrogen-bond donors (Lipinski definition) is 2. The maximum Gasteiger partial charge on any atom is 0.0730 e. The SMILES string of the molecule is N[C@@H]1CCCC[C@H]1Nc1cc(-c2ccc3ccccc3c2)nc2ccccc12. The van der Waals surface area contributed by atoms with Crippen LogP contribution in [0.2, 0.25) is 0 Å². The highest BCUT2D eigenvalue weighted by atomic mass is 15.0. The van der Waals surface area contributed by atoms with Crippen molar-refractivity contribution >= 4 is 27.4 Å². The third-order valence-electron chi connectivity index (χ3n) is 5.92. The molecule has 0 saturated heterocycles. The zero-order valence-electron chi connectivity index (χ0n) is 15.9.